The summed E-state index contributed by atoms with van der Waals surface area (Å²) in [6, 6.07) is 0.418. The maximum Gasteiger partial charge on any atom is 0.307 e. The number of imidazole rings is 1. The van der Waals surface area contributed by atoms with Gasteiger partial charge in [0.25, 0.3) is 0 Å². The fourth-order valence-corrected chi connectivity index (χ4v) is 3.22. The first kappa shape index (κ1) is 11.7. The summed E-state index contributed by atoms with van der Waals surface area (Å²) in [5, 5.41) is 0. The number of aromatic nitrogens is 2. The average molecular weight is 249 g/mol. The Morgan fingerprint density at radius 1 is 1.61 bits per heavy atom. The van der Waals surface area contributed by atoms with Crippen molar-refractivity contribution in [3.8, 4) is 0 Å². The molecule has 0 spiro atoms. The van der Waals surface area contributed by atoms with Gasteiger partial charge in [0, 0.05) is 19.0 Å². The van der Waals surface area contributed by atoms with Crippen molar-refractivity contribution in [2.24, 2.45) is 0 Å². The zero-order valence-electron chi connectivity index (χ0n) is 10.7. The Morgan fingerprint density at radius 3 is 3.33 bits per heavy atom. The fraction of sp³-hybridized carbons (Fsp3) is 0.692. The predicted molar refractivity (Wildman–Crippen MR) is 66.1 cm³/mol. The summed E-state index contributed by atoms with van der Waals surface area (Å²) >= 11 is 0. The summed E-state index contributed by atoms with van der Waals surface area (Å²) in [5.41, 5.74) is 2.51. The number of rotatable bonds is 4. The smallest absolute Gasteiger partial charge is 0.307 e. The van der Waals surface area contributed by atoms with Crippen LogP contribution in [0.3, 0.4) is 0 Å². The second kappa shape index (κ2) is 4.72. The highest BCUT2D eigenvalue weighted by Crippen LogP contribution is 2.44. The van der Waals surface area contributed by atoms with Crippen LogP contribution in [-0.2, 0) is 9.53 Å². The monoisotopic (exact) mass is 249 g/mol. The Kier molecular flexibility index (Phi) is 3.07. The molecule has 1 fully saturated rings. The number of nitrogens with zero attached hydrogens (tertiary/aromatic N) is 2. The SMILES string of the molecule is CCOC(=O)CCN1CC2CCC1c1[nH]cnc12. The number of fused-ring (bicyclic) bond motifs is 2. The number of aromatic amines is 1. The minimum Gasteiger partial charge on any atom is -0.466 e. The van der Waals surface area contributed by atoms with E-state index in [-0.39, 0.29) is 5.97 Å². The van der Waals surface area contributed by atoms with Crippen molar-refractivity contribution in [2.45, 2.75) is 38.1 Å². The van der Waals surface area contributed by atoms with Gasteiger partial charge in [-0.05, 0) is 19.8 Å². The maximum atomic E-state index is 11.4. The van der Waals surface area contributed by atoms with E-state index in [1.165, 1.54) is 24.2 Å². The molecule has 0 aromatic carbocycles. The summed E-state index contributed by atoms with van der Waals surface area (Å²) in [4.78, 5) is 21.5. The zero-order valence-corrected chi connectivity index (χ0v) is 10.7. The van der Waals surface area contributed by atoms with Crippen molar-refractivity contribution < 1.29 is 9.53 Å². The molecule has 0 amide bonds. The number of nitrogens with one attached hydrogen (secondary N) is 1. The van der Waals surface area contributed by atoms with E-state index in [0.717, 1.165) is 13.1 Å². The first-order chi connectivity index (χ1) is 8.79. The molecule has 1 saturated heterocycles. The van der Waals surface area contributed by atoms with E-state index in [1.54, 1.807) is 6.33 Å². The fourth-order valence-electron chi connectivity index (χ4n) is 3.22. The number of ether oxygens (including phenoxy) is 1. The van der Waals surface area contributed by atoms with Crippen LogP contribution in [0.5, 0.6) is 0 Å². The third kappa shape index (κ3) is 1.92. The van der Waals surface area contributed by atoms with Crippen LogP contribution in [0.2, 0.25) is 0 Å². The Morgan fingerprint density at radius 2 is 2.50 bits per heavy atom. The van der Waals surface area contributed by atoms with E-state index >= 15 is 0 Å². The molecule has 5 heteroatoms. The number of hydrogen-bond acceptors (Lipinski definition) is 4. The number of piperidine rings is 1. The second-order valence-electron chi connectivity index (χ2n) is 5.04. The first-order valence-corrected chi connectivity index (χ1v) is 6.72. The molecular formula is C13H19N3O2. The normalized spacial score (nSPS) is 26.1. The molecule has 0 radical (unpaired) electrons. The maximum absolute atomic E-state index is 11.4. The van der Waals surface area contributed by atoms with E-state index in [9.17, 15) is 4.79 Å². The van der Waals surface area contributed by atoms with Crippen LogP contribution in [0.25, 0.3) is 0 Å². The predicted octanol–water partition coefficient (Wildman–Crippen LogP) is 1.60. The number of hydrogen-bond donors (Lipinski definition) is 1. The van der Waals surface area contributed by atoms with Gasteiger partial charge in [0.05, 0.1) is 36.8 Å². The molecule has 2 atom stereocenters. The molecule has 1 aliphatic carbocycles. The highest BCUT2D eigenvalue weighted by molar-refractivity contribution is 5.69. The van der Waals surface area contributed by atoms with Crippen LogP contribution in [-0.4, -0.2) is 40.5 Å². The lowest BCUT2D eigenvalue weighted by Crippen LogP contribution is -2.43. The Hall–Kier alpha value is -1.36. The molecule has 2 unspecified atom stereocenters. The van der Waals surface area contributed by atoms with Crippen LogP contribution in [0.15, 0.2) is 6.33 Å². The second-order valence-corrected chi connectivity index (χ2v) is 5.04. The van der Waals surface area contributed by atoms with E-state index < -0.39 is 0 Å². The molecule has 3 aliphatic rings. The first-order valence-electron chi connectivity index (χ1n) is 6.72. The highest BCUT2D eigenvalue weighted by Gasteiger charge is 2.39. The van der Waals surface area contributed by atoms with Gasteiger partial charge in [0.2, 0.25) is 0 Å². The molecule has 18 heavy (non-hydrogen) atoms. The number of H-pyrrole nitrogens is 1. The molecule has 1 N–H and O–H groups in total. The van der Waals surface area contributed by atoms with Crippen molar-refractivity contribution in [3.63, 3.8) is 0 Å². The molecule has 0 saturated carbocycles. The Balaban J connectivity index is 1.65. The van der Waals surface area contributed by atoms with Gasteiger partial charge in [0.1, 0.15) is 0 Å². The molecule has 2 bridgehead atoms. The Bertz CT molecular complexity index is 443. The summed E-state index contributed by atoms with van der Waals surface area (Å²) in [5.74, 6) is 0.447. The summed E-state index contributed by atoms with van der Waals surface area (Å²) in [7, 11) is 0. The lowest BCUT2D eigenvalue weighted by molar-refractivity contribution is -0.143. The van der Waals surface area contributed by atoms with Gasteiger partial charge in [-0.15, -0.1) is 0 Å². The van der Waals surface area contributed by atoms with Crippen molar-refractivity contribution in [2.75, 3.05) is 19.7 Å². The molecule has 3 heterocycles. The van der Waals surface area contributed by atoms with Crippen LogP contribution >= 0.6 is 0 Å². The van der Waals surface area contributed by atoms with Gasteiger partial charge < -0.3 is 9.72 Å². The van der Waals surface area contributed by atoms with Crippen molar-refractivity contribution in [3.05, 3.63) is 17.7 Å². The van der Waals surface area contributed by atoms with Gasteiger partial charge in [0.15, 0.2) is 0 Å². The van der Waals surface area contributed by atoms with Gasteiger partial charge in [-0.25, -0.2) is 4.98 Å². The quantitative estimate of drug-likeness (QED) is 0.823. The van der Waals surface area contributed by atoms with E-state index in [1.807, 2.05) is 6.92 Å². The molecule has 2 aliphatic heterocycles. The minimum absolute atomic E-state index is 0.0937. The molecule has 1 aromatic rings. The summed E-state index contributed by atoms with van der Waals surface area (Å²) < 4.78 is 4.98. The molecular weight excluding hydrogens is 230 g/mol. The topological polar surface area (TPSA) is 58.2 Å². The average Bonchev–Trinajstić information content (AvgIpc) is 2.88. The minimum atomic E-state index is -0.0937. The van der Waals surface area contributed by atoms with Gasteiger partial charge in [-0.1, -0.05) is 0 Å². The summed E-state index contributed by atoms with van der Waals surface area (Å²) in [6.45, 7) is 4.13. The van der Waals surface area contributed by atoms with Crippen molar-refractivity contribution in [1.82, 2.24) is 14.9 Å². The van der Waals surface area contributed by atoms with Gasteiger partial charge in [-0.3, -0.25) is 9.69 Å². The largest absolute Gasteiger partial charge is 0.466 e. The number of carbonyl (C=O) groups is 1. The summed E-state index contributed by atoms with van der Waals surface area (Å²) in [6.07, 6.45) is 4.67. The lowest BCUT2D eigenvalue weighted by Gasteiger charge is -2.44. The van der Waals surface area contributed by atoms with Crippen LogP contribution in [0.1, 0.15) is 49.5 Å². The Labute approximate surface area is 107 Å². The standard InChI is InChI=1S/C13H19N3O2/c1-2-18-11(17)5-6-16-7-9-3-4-10(16)13-12(9)14-8-15-13/h8-10H,2-7H2,1H3,(H,14,15). The number of esters is 1. The van der Waals surface area contributed by atoms with Crippen molar-refractivity contribution in [1.29, 1.82) is 0 Å². The van der Waals surface area contributed by atoms with E-state index in [4.69, 9.17) is 4.74 Å². The molecule has 1 aromatic heterocycles. The van der Waals surface area contributed by atoms with Crippen LogP contribution < -0.4 is 0 Å². The van der Waals surface area contributed by atoms with Crippen LogP contribution in [0, 0.1) is 0 Å². The van der Waals surface area contributed by atoms with E-state index in [2.05, 4.69) is 14.9 Å². The van der Waals surface area contributed by atoms with E-state index in [0.29, 0.717) is 25.0 Å². The number of carbonyl (C=O) groups excluding carboxylic acids is 1. The third-order valence-corrected chi connectivity index (χ3v) is 4.01. The zero-order chi connectivity index (χ0) is 12.5. The van der Waals surface area contributed by atoms with Gasteiger partial charge >= 0.3 is 5.97 Å². The van der Waals surface area contributed by atoms with Crippen LogP contribution in [0.4, 0.5) is 0 Å². The molecule has 4 rings (SSSR count). The molecule has 5 nitrogen and oxygen atoms in total. The van der Waals surface area contributed by atoms with Crippen molar-refractivity contribution >= 4 is 5.97 Å². The highest BCUT2D eigenvalue weighted by atomic mass is 16.5. The van der Waals surface area contributed by atoms with Gasteiger partial charge in [-0.2, -0.15) is 0 Å². The molecule has 98 valence electrons. The lowest BCUT2D eigenvalue weighted by atomic mass is 9.80. The third-order valence-electron chi connectivity index (χ3n) is 4.01.